The van der Waals surface area contributed by atoms with E-state index in [1.165, 1.54) is 4.68 Å². The Morgan fingerprint density at radius 3 is 2.50 bits per heavy atom. The predicted molar refractivity (Wildman–Crippen MR) is 96.9 cm³/mol. The Balaban J connectivity index is 1.96. The third-order valence-electron chi connectivity index (χ3n) is 4.00. The van der Waals surface area contributed by atoms with Crippen molar-refractivity contribution >= 4 is 11.6 Å². The molecule has 6 nitrogen and oxygen atoms in total. The first-order valence-electron chi connectivity index (χ1n) is 8.30. The molecule has 0 amide bonds. The number of anilines is 2. The van der Waals surface area contributed by atoms with Gasteiger partial charge in [-0.15, -0.1) is 0 Å². The first-order valence-corrected chi connectivity index (χ1v) is 8.30. The van der Waals surface area contributed by atoms with Gasteiger partial charge < -0.3 is 10.1 Å². The summed E-state index contributed by atoms with van der Waals surface area (Å²) in [6.07, 6.45) is 0.982. The molecule has 0 saturated carbocycles. The molecule has 0 saturated heterocycles. The van der Waals surface area contributed by atoms with Crippen LogP contribution in [-0.4, -0.2) is 21.9 Å². The van der Waals surface area contributed by atoms with Crippen molar-refractivity contribution in [2.45, 2.75) is 20.1 Å². The first kappa shape index (κ1) is 19.6. The Hall–Kier alpha value is -3.20. The van der Waals surface area contributed by atoms with E-state index in [4.69, 9.17) is 4.74 Å². The van der Waals surface area contributed by atoms with Gasteiger partial charge in [0.05, 0.1) is 13.2 Å². The lowest BCUT2D eigenvalue weighted by Crippen LogP contribution is -2.19. The summed E-state index contributed by atoms with van der Waals surface area (Å²) in [4.78, 5) is 15.6. The van der Waals surface area contributed by atoms with Crippen LogP contribution in [0.2, 0.25) is 0 Å². The van der Waals surface area contributed by atoms with E-state index in [9.17, 15) is 18.0 Å². The fraction of sp³-hybridized carbons (Fsp3) is 0.211. The average molecular weight is 390 g/mol. The molecule has 0 bridgehead atoms. The van der Waals surface area contributed by atoms with Crippen molar-refractivity contribution in [1.29, 1.82) is 0 Å². The zero-order chi connectivity index (χ0) is 20.3. The van der Waals surface area contributed by atoms with Gasteiger partial charge in [0.15, 0.2) is 17.5 Å². The number of benzene rings is 2. The van der Waals surface area contributed by atoms with Crippen LogP contribution in [0.15, 0.2) is 41.3 Å². The molecule has 0 unspecified atom stereocenters. The van der Waals surface area contributed by atoms with Crippen molar-refractivity contribution in [2.75, 3.05) is 12.4 Å². The quantitative estimate of drug-likeness (QED) is 0.654. The van der Waals surface area contributed by atoms with Crippen molar-refractivity contribution in [1.82, 2.24) is 14.8 Å². The molecule has 0 aliphatic carbocycles. The molecular formula is C19H17F3N4O2. The Bertz CT molecular complexity index is 1050. The molecule has 1 aromatic heterocycles. The van der Waals surface area contributed by atoms with Crippen LogP contribution in [0, 0.1) is 24.4 Å². The van der Waals surface area contributed by atoms with Gasteiger partial charge in [-0.05, 0) is 41.8 Å². The highest BCUT2D eigenvalue weighted by Gasteiger charge is 2.13. The molecule has 3 rings (SSSR count). The summed E-state index contributed by atoms with van der Waals surface area (Å²) in [5.74, 6) is -4.07. The molecule has 0 radical (unpaired) electrons. The van der Waals surface area contributed by atoms with E-state index < -0.39 is 23.0 Å². The maximum Gasteiger partial charge on any atom is 0.293 e. The van der Waals surface area contributed by atoms with E-state index >= 15 is 0 Å². The van der Waals surface area contributed by atoms with Crippen LogP contribution in [0.1, 0.15) is 16.7 Å². The maximum atomic E-state index is 13.5. The molecule has 0 aliphatic heterocycles. The summed E-state index contributed by atoms with van der Waals surface area (Å²) in [5.41, 5.74) is 1.99. The standard InChI is InChI=1S/C19H17F3N4O2/c1-11-3-4-12(10-28-2)7-16(11)24-19-25-17(27)8-23-26(19)9-13-5-14(20)18(22)15(21)6-13/h3-8H,9-10H2,1-2H3,(H,24,25,27). The van der Waals surface area contributed by atoms with Gasteiger partial charge in [0.2, 0.25) is 5.95 Å². The van der Waals surface area contributed by atoms with Crippen molar-refractivity contribution in [3.05, 3.63) is 81.0 Å². The number of hydrogen-bond acceptors (Lipinski definition) is 5. The van der Waals surface area contributed by atoms with E-state index in [0.717, 1.165) is 29.5 Å². The minimum atomic E-state index is -1.54. The highest BCUT2D eigenvalue weighted by Crippen LogP contribution is 2.21. The normalized spacial score (nSPS) is 10.9. The number of hydrogen-bond donors (Lipinski definition) is 1. The second kappa shape index (κ2) is 8.22. The molecular weight excluding hydrogens is 373 g/mol. The Morgan fingerprint density at radius 1 is 1.11 bits per heavy atom. The Morgan fingerprint density at radius 2 is 1.82 bits per heavy atom. The monoisotopic (exact) mass is 390 g/mol. The number of nitrogens with zero attached hydrogens (tertiary/aromatic N) is 3. The van der Waals surface area contributed by atoms with Gasteiger partial charge in [0.1, 0.15) is 6.20 Å². The molecule has 1 N–H and O–H groups in total. The fourth-order valence-electron chi connectivity index (χ4n) is 2.63. The van der Waals surface area contributed by atoms with Gasteiger partial charge in [0.25, 0.3) is 5.56 Å². The molecule has 0 spiro atoms. The summed E-state index contributed by atoms with van der Waals surface area (Å²) in [7, 11) is 1.58. The molecule has 2 aromatic carbocycles. The van der Waals surface area contributed by atoms with Gasteiger partial charge in [-0.2, -0.15) is 10.1 Å². The maximum absolute atomic E-state index is 13.5. The number of halogens is 3. The molecule has 9 heteroatoms. The van der Waals surface area contributed by atoms with Crippen molar-refractivity contribution in [3.63, 3.8) is 0 Å². The second-order valence-corrected chi connectivity index (χ2v) is 6.16. The Kier molecular flexibility index (Phi) is 5.74. The van der Waals surface area contributed by atoms with Crippen LogP contribution >= 0.6 is 0 Å². The summed E-state index contributed by atoms with van der Waals surface area (Å²) >= 11 is 0. The molecule has 3 aromatic rings. The molecule has 1 heterocycles. The van der Waals surface area contributed by atoms with E-state index in [1.54, 1.807) is 7.11 Å². The average Bonchev–Trinajstić information content (AvgIpc) is 2.65. The van der Waals surface area contributed by atoms with E-state index in [2.05, 4.69) is 15.4 Å². The van der Waals surface area contributed by atoms with E-state index in [0.29, 0.717) is 12.3 Å². The number of ether oxygens (including phenoxy) is 1. The zero-order valence-corrected chi connectivity index (χ0v) is 15.2. The number of methoxy groups -OCH3 is 1. The van der Waals surface area contributed by atoms with Crippen LogP contribution in [0.25, 0.3) is 0 Å². The van der Waals surface area contributed by atoms with Crippen molar-refractivity contribution in [2.24, 2.45) is 0 Å². The molecule has 0 atom stereocenters. The SMILES string of the molecule is COCc1ccc(C)c(Nc2nc(=O)cnn2Cc2cc(F)c(F)c(F)c2)c1. The van der Waals surface area contributed by atoms with Gasteiger partial charge in [-0.25, -0.2) is 17.9 Å². The minimum Gasteiger partial charge on any atom is -0.380 e. The van der Waals surface area contributed by atoms with Crippen LogP contribution in [0.3, 0.4) is 0 Å². The molecule has 146 valence electrons. The van der Waals surface area contributed by atoms with E-state index in [1.807, 2.05) is 25.1 Å². The summed E-state index contributed by atoms with van der Waals surface area (Å²) < 4.78 is 46.5. The summed E-state index contributed by atoms with van der Waals surface area (Å²) in [6, 6.07) is 7.34. The first-order chi connectivity index (χ1) is 13.4. The van der Waals surface area contributed by atoms with Crippen molar-refractivity contribution in [3.8, 4) is 0 Å². The van der Waals surface area contributed by atoms with Gasteiger partial charge >= 0.3 is 0 Å². The van der Waals surface area contributed by atoms with E-state index in [-0.39, 0.29) is 18.1 Å². The molecule has 0 fully saturated rings. The highest BCUT2D eigenvalue weighted by atomic mass is 19.2. The third kappa shape index (κ3) is 4.37. The van der Waals surface area contributed by atoms with Crippen LogP contribution < -0.4 is 10.9 Å². The second-order valence-electron chi connectivity index (χ2n) is 6.16. The number of nitrogens with one attached hydrogen (secondary N) is 1. The van der Waals surface area contributed by atoms with Gasteiger partial charge in [0, 0.05) is 12.8 Å². The zero-order valence-electron chi connectivity index (χ0n) is 15.2. The number of aryl methyl sites for hydroxylation is 1. The lowest BCUT2D eigenvalue weighted by molar-refractivity contribution is 0.185. The van der Waals surface area contributed by atoms with Crippen LogP contribution in [0.4, 0.5) is 24.8 Å². The number of rotatable bonds is 6. The predicted octanol–water partition coefficient (Wildman–Crippen LogP) is 3.30. The van der Waals surface area contributed by atoms with Crippen LogP contribution in [-0.2, 0) is 17.9 Å². The van der Waals surface area contributed by atoms with Crippen molar-refractivity contribution < 1.29 is 17.9 Å². The third-order valence-corrected chi connectivity index (χ3v) is 4.00. The molecule has 0 aliphatic rings. The van der Waals surface area contributed by atoms with Gasteiger partial charge in [-0.3, -0.25) is 4.79 Å². The topological polar surface area (TPSA) is 69.0 Å². The highest BCUT2D eigenvalue weighted by molar-refractivity contribution is 5.59. The number of aromatic nitrogens is 3. The van der Waals surface area contributed by atoms with Crippen LogP contribution in [0.5, 0.6) is 0 Å². The molecule has 28 heavy (non-hydrogen) atoms. The summed E-state index contributed by atoms with van der Waals surface area (Å²) in [6.45, 7) is 2.14. The minimum absolute atomic E-state index is 0.0790. The summed E-state index contributed by atoms with van der Waals surface area (Å²) in [5, 5.41) is 6.97. The lowest BCUT2D eigenvalue weighted by Gasteiger charge is -2.15. The largest absolute Gasteiger partial charge is 0.380 e. The lowest BCUT2D eigenvalue weighted by atomic mass is 10.1. The van der Waals surface area contributed by atoms with Gasteiger partial charge in [-0.1, -0.05) is 12.1 Å². The fourth-order valence-corrected chi connectivity index (χ4v) is 2.63. The Labute approximate surface area is 158 Å². The smallest absolute Gasteiger partial charge is 0.293 e.